The first-order chi connectivity index (χ1) is 11.1. The summed E-state index contributed by atoms with van der Waals surface area (Å²) < 4.78 is 5.87. The van der Waals surface area contributed by atoms with Gasteiger partial charge in [-0.2, -0.15) is 0 Å². The van der Waals surface area contributed by atoms with Crippen molar-refractivity contribution in [2.45, 2.75) is 13.3 Å². The number of aromatic hydroxyl groups is 3. The van der Waals surface area contributed by atoms with Crippen molar-refractivity contribution in [1.82, 2.24) is 0 Å². The van der Waals surface area contributed by atoms with Gasteiger partial charge >= 0.3 is 11.3 Å². The summed E-state index contributed by atoms with van der Waals surface area (Å²) in [6, 6.07) is 13.2. The first kappa shape index (κ1) is 17.6. The summed E-state index contributed by atoms with van der Waals surface area (Å²) in [7, 11) is 0. The summed E-state index contributed by atoms with van der Waals surface area (Å²) in [5, 5.41) is 29.8. The molecular formula is C19H18ClO4+. The van der Waals surface area contributed by atoms with Crippen molar-refractivity contribution in [3.05, 3.63) is 59.9 Å². The van der Waals surface area contributed by atoms with Crippen LogP contribution in [0.1, 0.15) is 24.7 Å². The van der Waals surface area contributed by atoms with E-state index < -0.39 is 0 Å². The van der Waals surface area contributed by atoms with E-state index in [4.69, 9.17) is 4.42 Å². The summed E-state index contributed by atoms with van der Waals surface area (Å²) >= 11 is 0. The Morgan fingerprint density at radius 1 is 0.958 bits per heavy atom. The Morgan fingerprint density at radius 3 is 2.33 bits per heavy atom. The van der Waals surface area contributed by atoms with E-state index in [0.717, 1.165) is 11.0 Å². The molecule has 0 radical (unpaired) electrons. The molecule has 1 aromatic heterocycles. The molecule has 3 aromatic rings. The maximum absolute atomic E-state index is 9.92. The summed E-state index contributed by atoms with van der Waals surface area (Å²) in [6.07, 6.45) is 2.52. The van der Waals surface area contributed by atoms with Crippen LogP contribution in [0.3, 0.4) is 0 Å². The van der Waals surface area contributed by atoms with E-state index in [1.54, 1.807) is 24.3 Å². The first-order valence-corrected chi connectivity index (χ1v) is 7.35. The molecular weight excluding hydrogens is 328 g/mol. The molecule has 124 valence electrons. The summed E-state index contributed by atoms with van der Waals surface area (Å²) in [4.78, 5) is 0. The summed E-state index contributed by atoms with van der Waals surface area (Å²) in [6.45, 7) is 1.99. The van der Waals surface area contributed by atoms with Gasteiger partial charge in [0.05, 0.1) is 17.0 Å². The standard InChI is InChI=1S/C19H16O4.ClH/c1-2-12(9-14-4-7-15(20)10-17(14)22)18-8-5-13-3-6-16(21)11-19(13)23-18;/h3-11H,2H2,1H3,(H2-,20,21,22);1H/p+1/b12-9+;. The van der Waals surface area contributed by atoms with Crippen LogP contribution in [0.5, 0.6) is 17.2 Å². The Morgan fingerprint density at radius 2 is 1.62 bits per heavy atom. The summed E-state index contributed by atoms with van der Waals surface area (Å²) in [5.41, 5.74) is 2.10. The Kier molecular flexibility index (Phi) is 5.31. The van der Waals surface area contributed by atoms with Gasteiger partial charge in [0.1, 0.15) is 17.2 Å². The Labute approximate surface area is 145 Å². The van der Waals surface area contributed by atoms with Gasteiger partial charge in [0.2, 0.25) is 0 Å². The van der Waals surface area contributed by atoms with Crippen LogP contribution in [0.2, 0.25) is 0 Å². The lowest BCUT2D eigenvalue weighted by atomic mass is 10.0. The highest BCUT2D eigenvalue weighted by atomic mass is 35.5. The van der Waals surface area contributed by atoms with E-state index in [1.165, 1.54) is 12.1 Å². The molecule has 0 aliphatic heterocycles. The fourth-order valence-electron chi connectivity index (χ4n) is 2.43. The lowest BCUT2D eigenvalue weighted by Crippen LogP contribution is -1.85. The highest BCUT2D eigenvalue weighted by Crippen LogP contribution is 2.30. The van der Waals surface area contributed by atoms with E-state index in [2.05, 4.69) is 0 Å². The van der Waals surface area contributed by atoms with Crippen molar-refractivity contribution < 1.29 is 19.7 Å². The van der Waals surface area contributed by atoms with Crippen LogP contribution in [0.15, 0.2) is 52.9 Å². The normalized spacial score (nSPS) is 11.3. The topological polar surface area (TPSA) is 72.0 Å². The van der Waals surface area contributed by atoms with E-state index in [1.807, 2.05) is 25.1 Å². The second-order valence-corrected chi connectivity index (χ2v) is 5.29. The Bertz CT molecular complexity index is 903. The van der Waals surface area contributed by atoms with Gasteiger partial charge in [-0.25, -0.2) is 4.42 Å². The maximum atomic E-state index is 9.92. The molecule has 24 heavy (non-hydrogen) atoms. The fraction of sp³-hybridized carbons (Fsp3) is 0.105. The third-order valence-electron chi connectivity index (χ3n) is 3.67. The number of phenols is 3. The lowest BCUT2D eigenvalue weighted by Gasteiger charge is -2.02. The monoisotopic (exact) mass is 345 g/mol. The minimum absolute atomic E-state index is 0. The van der Waals surface area contributed by atoms with Crippen molar-refractivity contribution in [3.8, 4) is 17.2 Å². The molecule has 0 saturated heterocycles. The molecule has 3 rings (SSSR count). The molecule has 0 fully saturated rings. The van der Waals surface area contributed by atoms with Gasteiger partial charge in [-0.1, -0.05) is 6.92 Å². The van der Waals surface area contributed by atoms with Crippen LogP contribution < -0.4 is 0 Å². The van der Waals surface area contributed by atoms with E-state index in [0.29, 0.717) is 23.3 Å². The van der Waals surface area contributed by atoms with Crippen molar-refractivity contribution in [3.63, 3.8) is 0 Å². The average Bonchev–Trinajstić information content (AvgIpc) is 2.53. The van der Waals surface area contributed by atoms with Gasteiger partial charge in [-0.15, -0.1) is 12.4 Å². The Hall–Kier alpha value is -2.72. The van der Waals surface area contributed by atoms with Crippen LogP contribution in [-0.2, 0) is 0 Å². The molecule has 0 aliphatic rings. The summed E-state index contributed by atoms with van der Waals surface area (Å²) in [5.74, 6) is 0.840. The first-order valence-electron chi connectivity index (χ1n) is 7.35. The van der Waals surface area contributed by atoms with Gasteiger partial charge in [-0.05, 0) is 42.8 Å². The third kappa shape index (κ3) is 3.60. The number of hydrogen-bond acceptors (Lipinski definition) is 3. The van der Waals surface area contributed by atoms with Gasteiger partial charge in [-0.3, -0.25) is 0 Å². The third-order valence-corrected chi connectivity index (χ3v) is 3.67. The van der Waals surface area contributed by atoms with Crippen molar-refractivity contribution in [2.24, 2.45) is 0 Å². The molecule has 0 spiro atoms. The maximum Gasteiger partial charge on any atom is 0.364 e. The molecule has 0 saturated carbocycles. The zero-order valence-electron chi connectivity index (χ0n) is 13.1. The van der Waals surface area contributed by atoms with E-state index >= 15 is 0 Å². The average molecular weight is 346 g/mol. The molecule has 5 heteroatoms. The number of phenolic OH excluding ortho intramolecular Hbond substituents is 3. The molecule has 0 bridgehead atoms. The predicted octanol–water partition coefficient (Wildman–Crippen LogP) is 5.20. The Balaban J connectivity index is 0.00000208. The highest BCUT2D eigenvalue weighted by molar-refractivity contribution is 5.85. The molecule has 0 aliphatic carbocycles. The number of allylic oxidation sites excluding steroid dienone is 1. The predicted molar refractivity (Wildman–Crippen MR) is 97.5 cm³/mol. The van der Waals surface area contributed by atoms with Gasteiger partial charge in [0.25, 0.3) is 0 Å². The van der Waals surface area contributed by atoms with Crippen LogP contribution in [-0.4, -0.2) is 15.3 Å². The second-order valence-electron chi connectivity index (χ2n) is 5.29. The van der Waals surface area contributed by atoms with Gasteiger partial charge in [0, 0.05) is 17.7 Å². The van der Waals surface area contributed by atoms with Crippen molar-refractivity contribution in [1.29, 1.82) is 0 Å². The minimum Gasteiger partial charge on any atom is -0.508 e. The zero-order chi connectivity index (χ0) is 16.4. The van der Waals surface area contributed by atoms with Gasteiger partial charge in [0.15, 0.2) is 0 Å². The zero-order valence-corrected chi connectivity index (χ0v) is 13.9. The van der Waals surface area contributed by atoms with Gasteiger partial charge < -0.3 is 15.3 Å². The molecule has 0 unspecified atom stereocenters. The molecule has 0 atom stereocenters. The van der Waals surface area contributed by atoms with Crippen molar-refractivity contribution >= 4 is 35.0 Å². The van der Waals surface area contributed by atoms with Crippen LogP contribution in [0, 0.1) is 0 Å². The lowest BCUT2D eigenvalue weighted by molar-refractivity contribution is 0.450. The highest BCUT2D eigenvalue weighted by Gasteiger charge is 2.17. The molecule has 0 amide bonds. The number of hydrogen-bond donors (Lipinski definition) is 3. The van der Waals surface area contributed by atoms with Crippen molar-refractivity contribution in [2.75, 3.05) is 0 Å². The van der Waals surface area contributed by atoms with Crippen LogP contribution in [0.4, 0.5) is 0 Å². The number of fused-ring (bicyclic) bond motifs is 1. The molecule has 2 aromatic carbocycles. The number of halogens is 1. The van der Waals surface area contributed by atoms with Crippen LogP contribution >= 0.6 is 12.4 Å². The van der Waals surface area contributed by atoms with E-state index in [-0.39, 0.29) is 29.7 Å². The quantitative estimate of drug-likeness (QED) is 0.570. The smallest absolute Gasteiger partial charge is 0.364 e. The molecule has 3 N–H and O–H groups in total. The molecule has 1 heterocycles. The van der Waals surface area contributed by atoms with E-state index in [9.17, 15) is 15.3 Å². The minimum atomic E-state index is 0. The fourth-order valence-corrected chi connectivity index (χ4v) is 2.43. The second kappa shape index (κ2) is 7.23. The largest absolute Gasteiger partial charge is 0.508 e. The molecule has 4 nitrogen and oxygen atoms in total. The number of benzene rings is 2. The van der Waals surface area contributed by atoms with Crippen LogP contribution in [0.25, 0.3) is 22.6 Å². The SMILES string of the molecule is CC/C(=C\c1ccc(O)cc1O)c1ccc2ccc(O)cc2[o+]1.Cl. The number of rotatable bonds is 3.